The Bertz CT molecular complexity index is 2040. The van der Waals surface area contributed by atoms with E-state index < -0.39 is 29.3 Å². The summed E-state index contributed by atoms with van der Waals surface area (Å²) in [5, 5.41) is 6.44. The lowest BCUT2D eigenvalue weighted by Gasteiger charge is -2.41. The smallest absolute Gasteiger partial charge is 0.434 e. The Morgan fingerprint density at radius 2 is 1.81 bits per heavy atom. The van der Waals surface area contributed by atoms with Crippen molar-refractivity contribution in [3.63, 3.8) is 0 Å². The zero-order valence-corrected chi connectivity index (χ0v) is 31.7. The minimum absolute atomic E-state index is 0.0186. The second kappa shape index (κ2) is 16.6. The van der Waals surface area contributed by atoms with Gasteiger partial charge in [0.25, 0.3) is 0 Å². The summed E-state index contributed by atoms with van der Waals surface area (Å²) in [4.78, 5) is 52.7. The molecule has 4 aromatic rings. The van der Waals surface area contributed by atoms with E-state index >= 15 is 0 Å². The molecule has 12 nitrogen and oxygen atoms in total. The SMILES string of the molecule is CCNC(=O)Nc1cc(-c2nc(C(F)(F)F)cs2)c(-c2ccc3c(c2)c(=O)c(C(=O)OCC)cn3[C@H]2CCCN(CC(C)(C)CN3CCOCC3)C2)cn1. The summed E-state index contributed by atoms with van der Waals surface area (Å²) < 4.78 is 53.7. The van der Waals surface area contributed by atoms with Crippen LogP contribution in [0.2, 0.25) is 0 Å². The average Bonchev–Trinajstić information content (AvgIpc) is 3.64. The number of anilines is 1. The Morgan fingerprint density at radius 1 is 1.06 bits per heavy atom. The number of rotatable bonds is 11. The maximum absolute atomic E-state index is 14.1. The molecule has 0 aliphatic carbocycles. The molecule has 290 valence electrons. The van der Waals surface area contributed by atoms with Gasteiger partial charge >= 0.3 is 18.2 Å². The summed E-state index contributed by atoms with van der Waals surface area (Å²) in [6.07, 6.45) is 0.144. The zero-order valence-electron chi connectivity index (χ0n) is 30.9. The lowest BCUT2D eigenvalue weighted by atomic mass is 9.90. The van der Waals surface area contributed by atoms with Gasteiger partial charge in [-0.15, -0.1) is 11.3 Å². The molecule has 2 aliphatic rings. The molecule has 1 atom stereocenters. The molecule has 6 rings (SSSR count). The normalized spacial score (nSPS) is 17.4. The number of ether oxygens (including phenoxy) is 2. The van der Waals surface area contributed by atoms with Gasteiger partial charge in [0.15, 0.2) is 5.69 Å². The second-order valence-corrected chi connectivity index (χ2v) is 15.3. The van der Waals surface area contributed by atoms with Gasteiger partial charge in [0.05, 0.1) is 25.3 Å². The fourth-order valence-electron chi connectivity index (χ4n) is 7.38. The number of carbonyl (C=O) groups excluding carboxylic acids is 2. The van der Waals surface area contributed by atoms with Crippen LogP contribution in [-0.4, -0.2) is 102 Å². The van der Waals surface area contributed by atoms with Crippen LogP contribution >= 0.6 is 11.3 Å². The topological polar surface area (TPSA) is 131 Å². The molecule has 16 heteroatoms. The number of fused-ring (bicyclic) bond motifs is 1. The monoisotopic (exact) mass is 769 g/mol. The van der Waals surface area contributed by atoms with Gasteiger partial charge in [-0.05, 0) is 62.4 Å². The van der Waals surface area contributed by atoms with Gasteiger partial charge in [0.2, 0.25) is 5.43 Å². The lowest BCUT2D eigenvalue weighted by molar-refractivity contribution is -0.140. The predicted molar refractivity (Wildman–Crippen MR) is 202 cm³/mol. The fourth-order valence-corrected chi connectivity index (χ4v) is 8.24. The first kappa shape index (κ1) is 39.3. The van der Waals surface area contributed by atoms with Crippen molar-refractivity contribution in [3.05, 3.63) is 63.5 Å². The summed E-state index contributed by atoms with van der Waals surface area (Å²) in [7, 11) is 0. The van der Waals surface area contributed by atoms with Gasteiger partial charge in [-0.25, -0.2) is 19.6 Å². The van der Waals surface area contributed by atoms with Crippen LogP contribution in [0.25, 0.3) is 32.6 Å². The number of benzene rings is 1. The number of pyridine rings is 2. The number of likely N-dealkylation sites (tertiary alicyclic amines) is 1. The van der Waals surface area contributed by atoms with E-state index in [4.69, 9.17) is 9.47 Å². The summed E-state index contributed by atoms with van der Waals surface area (Å²) in [6, 6.07) is 6.10. The minimum Gasteiger partial charge on any atom is -0.462 e. The first-order valence-corrected chi connectivity index (χ1v) is 19.1. The molecule has 2 amide bonds. The van der Waals surface area contributed by atoms with Gasteiger partial charge in [-0.2, -0.15) is 13.2 Å². The lowest BCUT2D eigenvalue weighted by Crippen LogP contribution is -2.48. The van der Waals surface area contributed by atoms with Crippen molar-refractivity contribution < 1.29 is 32.2 Å². The number of alkyl halides is 3. The molecule has 2 N–H and O–H groups in total. The molecule has 2 aliphatic heterocycles. The molecule has 0 radical (unpaired) electrons. The summed E-state index contributed by atoms with van der Waals surface area (Å²) in [5.74, 6) is -0.625. The van der Waals surface area contributed by atoms with Crippen LogP contribution in [0, 0.1) is 5.41 Å². The molecule has 0 bridgehead atoms. The van der Waals surface area contributed by atoms with Crippen molar-refractivity contribution in [1.82, 2.24) is 29.7 Å². The van der Waals surface area contributed by atoms with Crippen LogP contribution < -0.4 is 16.1 Å². The molecule has 1 aromatic carbocycles. The van der Waals surface area contributed by atoms with Crippen molar-refractivity contribution in [2.45, 2.75) is 52.8 Å². The first-order valence-electron chi connectivity index (χ1n) is 18.2. The second-order valence-electron chi connectivity index (χ2n) is 14.5. The number of piperidine rings is 1. The van der Waals surface area contributed by atoms with Crippen LogP contribution in [0.3, 0.4) is 0 Å². The number of halogens is 3. The highest BCUT2D eigenvalue weighted by molar-refractivity contribution is 7.13. The van der Waals surface area contributed by atoms with Crippen LogP contribution in [0.15, 0.2) is 46.8 Å². The Morgan fingerprint density at radius 3 is 2.52 bits per heavy atom. The van der Waals surface area contributed by atoms with E-state index in [1.807, 2.05) is 4.57 Å². The number of urea groups is 1. The third-order valence-electron chi connectivity index (χ3n) is 9.63. The summed E-state index contributed by atoms with van der Waals surface area (Å²) in [5.41, 5.74) is 0.118. The number of aromatic nitrogens is 3. The molecule has 0 unspecified atom stereocenters. The number of esters is 1. The molecule has 2 saturated heterocycles. The highest BCUT2D eigenvalue weighted by Gasteiger charge is 2.34. The third kappa shape index (κ3) is 9.10. The highest BCUT2D eigenvalue weighted by atomic mass is 32.1. The number of nitrogens with one attached hydrogen (secondary N) is 2. The molecular weight excluding hydrogens is 724 g/mol. The van der Waals surface area contributed by atoms with E-state index in [1.165, 1.54) is 12.3 Å². The first-order chi connectivity index (χ1) is 25.8. The number of morpholine rings is 1. The quantitative estimate of drug-likeness (QED) is 0.164. The molecular formula is C38H46F3N7O5S. The number of nitrogens with zero attached hydrogens (tertiary/aromatic N) is 5. The van der Waals surface area contributed by atoms with Crippen molar-refractivity contribution in [2.75, 3.05) is 71.0 Å². The standard InChI is InChI=1S/C38H46F3N7O5S/c1-5-42-36(51)45-32-17-26(34-44-31(21-54-34)38(39,40)41)28(18-43-32)24-9-10-30-27(16-24)33(49)29(35(50)53-6-2)20-48(30)25-8-7-11-47(19-25)23-37(3,4)22-46-12-14-52-15-13-46/h9-10,16-18,20-21,25H,5-8,11-15,19,22-23H2,1-4H3,(H2,42,43,45,51)/t25-/m0/s1. The van der Waals surface area contributed by atoms with E-state index in [0.717, 1.165) is 75.5 Å². The van der Waals surface area contributed by atoms with Crippen molar-refractivity contribution in [2.24, 2.45) is 5.41 Å². The van der Waals surface area contributed by atoms with E-state index in [-0.39, 0.29) is 45.4 Å². The highest BCUT2D eigenvalue weighted by Crippen LogP contribution is 2.39. The number of carbonyl (C=O) groups is 2. The van der Waals surface area contributed by atoms with E-state index in [1.54, 1.807) is 38.2 Å². The minimum atomic E-state index is -4.66. The van der Waals surface area contributed by atoms with Crippen LogP contribution in [0.1, 0.15) is 62.6 Å². The van der Waals surface area contributed by atoms with Gasteiger partial charge < -0.3 is 24.3 Å². The predicted octanol–water partition coefficient (Wildman–Crippen LogP) is 6.52. The van der Waals surface area contributed by atoms with Crippen LogP contribution in [0.5, 0.6) is 0 Å². The van der Waals surface area contributed by atoms with Crippen LogP contribution in [-0.2, 0) is 15.7 Å². The Kier molecular flexibility index (Phi) is 12.1. The van der Waals surface area contributed by atoms with E-state index in [2.05, 4.69) is 44.2 Å². The molecule has 0 spiro atoms. The summed E-state index contributed by atoms with van der Waals surface area (Å²) >= 11 is 0.802. The van der Waals surface area contributed by atoms with Gasteiger partial charge in [0, 0.05) is 79.6 Å². The van der Waals surface area contributed by atoms with Crippen LogP contribution in [0.4, 0.5) is 23.8 Å². The zero-order chi connectivity index (χ0) is 38.6. The van der Waals surface area contributed by atoms with Gasteiger partial charge in [-0.1, -0.05) is 19.9 Å². The Balaban J connectivity index is 1.40. The number of hydrogen-bond acceptors (Lipinski definition) is 10. The van der Waals surface area contributed by atoms with Gasteiger partial charge in [0.1, 0.15) is 16.4 Å². The Hall–Kier alpha value is -4.38. The number of thiazole rings is 1. The van der Waals surface area contributed by atoms with Crippen molar-refractivity contribution in [1.29, 1.82) is 0 Å². The molecule has 3 aromatic heterocycles. The van der Waals surface area contributed by atoms with E-state index in [9.17, 15) is 27.6 Å². The fraction of sp³-hybridized carbons (Fsp3) is 0.500. The maximum atomic E-state index is 14.1. The maximum Gasteiger partial charge on any atom is 0.434 e. The van der Waals surface area contributed by atoms with Crippen molar-refractivity contribution >= 4 is 40.1 Å². The average molecular weight is 770 g/mol. The Labute approximate surface area is 315 Å². The number of amides is 2. The molecule has 5 heterocycles. The number of hydrogen-bond donors (Lipinski definition) is 2. The molecule has 2 fully saturated rings. The largest absolute Gasteiger partial charge is 0.462 e. The third-order valence-corrected chi connectivity index (χ3v) is 10.5. The van der Waals surface area contributed by atoms with Crippen molar-refractivity contribution in [3.8, 4) is 21.7 Å². The van der Waals surface area contributed by atoms with E-state index in [0.29, 0.717) is 29.7 Å². The molecule has 54 heavy (non-hydrogen) atoms. The van der Waals surface area contributed by atoms with Gasteiger partial charge in [-0.3, -0.25) is 15.0 Å². The summed E-state index contributed by atoms with van der Waals surface area (Å²) in [6.45, 7) is 15.2. The molecule has 0 saturated carbocycles.